The molecule has 5 nitrogen and oxygen atoms in total. The first-order valence-electron chi connectivity index (χ1n) is 5.95. The third kappa shape index (κ3) is 2.53. The van der Waals surface area contributed by atoms with Gasteiger partial charge in [-0.15, -0.1) is 0 Å². The Morgan fingerprint density at radius 2 is 1.94 bits per heavy atom. The predicted octanol–water partition coefficient (Wildman–Crippen LogP) is -0.0277. The van der Waals surface area contributed by atoms with Gasteiger partial charge in [0.15, 0.2) is 0 Å². The van der Waals surface area contributed by atoms with Crippen LogP contribution in [0.15, 0.2) is 30.3 Å². The minimum absolute atomic E-state index is 0.0952. The summed E-state index contributed by atoms with van der Waals surface area (Å²) in [5.74, 6) is -0.607. The molecule has 2 N–H and O–H groups in total. The van der Waals surface area contributed by atoms with Gasteiger partial charge in [0.1, 0.15) is 12.1 Å². The van der Waals surface area contributed by atoms with Crippen LogP contribution in [0.1, 0.15) is 5.56 Å². The second-order valence-corrected chi connectivity index (χ2v) is 4.23. The molecule has 5 heteroatoms. The number of likely N-dealkylation sites (tertiary alicyclic amines) is 1. The summed E-state index contributed by atoms with van der Waals surface area (Å²) >= 11 is 0. The number of amides is 1. The van der Waals surface area contributed by atoms with Crippen molar-refractivity contribution in [3.05, 3.63) is 35.9 Å². The molecule has 1 aromatic rings. The van der Waals surface area contributed by atoms with E-state index in [9.17, 15) is 4.79 Å². The van der Waals surface area contributed by atoms with Crippen LogP contribution in [0, 0.1) is 5.92 Å². The van der Waals surface area contributed by atoms with Gasteiger partial charge < -0.3 is 19.8 Å². The van der Waals surface area contributed by atoms with E-state index in [2.05, 4.69) is 0 Å². The molecule has 18 heavy (non-hydrogen) atoms. The van der Waals surface area contributed by atoms with Crippen LogP contribution < -0.4 is 0 Å². The largest absolute Gasteiger partial charge is 0.395 e. The lowest BCUT2D eigenvalue weighted by Crippen LogP contribution is -2.62. The third-order valence-corrected chi connectivity index (χ3v) is 3.02. The lowest BCUT2D eigenvalue weighted by molar-refractivity contribution is -0.201. The molecule has 0 aliphatic carbocycles. The van der Waals surface area contributed by atoms with Gasteiger partial charge in [-0.05, 0) is 5.56 Å². The van der Waals surface area contributed by atoms with Gasteiger partial charge in [0, 0.05) is 6.54 Å². The summed E-state index contributed by atoms with van der Waals surface area (Å²) in [7, 11) is 0. The highest BCUT2D eigenvalue weighted by Crippen LogP contribution is 2.29. The van der Waals surface area contributed by atoms with Crippen LogP contribution >= 0.6 is 0 Å². The summed E-state index contributed by atoms with van der Waals surface area (Å²) in [6.45, 7) is 0.314. The number of ether oxygens (including phenoxy) is 1. The Morgan fingerprint density at radius 3 is 2.56 bits per heavy atom. The SMILES string of the molecule is O=C1[C@@H](CO)[C@@H](OCCO)N1Cc1ccccc1. The highest BCUT2D eigenvalue weighted by Gasteiger charge is 2.47. The number of β-lactam (4-membered cyclic amide) rings is 1. The highest BCUT2D eigenvalue weighted by atomic mass is 16.5. The molecule has 1 aliphatic rings. The van der Waals surface area contributed by atoms with Crippen molar-refractivity contribution in [3.63, 3.8) is 0 Å². The van der Waals surface area contributed by atoms with E-state index in [-0.39, 0.29) is 25.7 Å². The van der Waals surface area contributed by atoms with E-state index in [4.69, 9.17) is 14.9 Å². The first-order valence-corrected chi connectivity index (χ1v) is 5.95. The van der Waals surface area contributed by atoms with E-state index < -0.39 is 12.1 Å². The second-order valence-electron chi connectivity index (χ2n) is 4.23. The number of carbonyl (C=O) groups excluding carboxylic acids is 1. The zero-order valence-corrected chi connectivity index (χ0v) is 10.0. The van der Waals surface area contributed by atoms with Crippen LogP contribution in [-0.2, 0) is 16.1 Å². The Kier molecular flexibility index (Phi) is 4.30. The Balaban J connectivity index is 2.00. The van der Waals surface area contributed by atoms with Crippen LogP contribution in [0.3, 0.4) is 0 Å². The maximum atomic E-state index is 11.8. The Morgan fingerprint density at radius 1 is 1.22 bits per heavy atom. The predicted molar refractivity (Wildman–Crippen MR) is 64.4 cm³/mol. The van der Waals surface area contributed by atoms with Crippen LogP contribution in [-0.4, -0.2) is 47.1 Å². The molecule has 1 aromatic carbocycles. The fraction of sp³-hybridized carbons (Fsp3) is 0.462. The van der Waals surface area contributed by atoms with Gasteiger partial charge in [-0.3, -0.25) is 4.79 Å². The molecule has 1 heterocycles. The lowest BCUT2D eigenvalue weighted by atomic mass is 9.95. The number of carbonyl (C=O) groups is 1. The molecule has 0 spiro atoms. The fourth-order valence-electron chi connectivity index (χ4n) is 2.09. The molecule has 98 valence electrons. The maximum Gasteiger partial charge on any atom is 0.234 e. The maximum absolute atomic E-state index is 11.8. The molecule has 2 atom stereocenters. The van der Waals surface area contributed by atoms with Gasteiger partial charge >= 0.3 is 0 Å². The molecular formula is C13H17NO4. The van der Waals surface area contributed by atoms with E-state index in [1.807, 2.05) is 30.3 Å². The summed E-state index contributed by atoms with van der Waals surface area (Å²) < 4.78 is 5.38. The monoisotopic (exact) mass is 251 g/mol. The van der Waals surface area contributed by atoms with Gasteiger partial charge in [-0.2, -0.15) is 0 Å². The number of hydrogen-bond donors (Lipinski definition) is 2. The van der Waals surface area contributed by atoms with E-state index in [0.29, 0.717) is 6.54 Å². The lowest BCUT2D eigenvalue weighted by Gasteiger charge is -2.45. The van der Waals surface area contributed by atoms with Crippen molar-refractivity contribution >= 4 is 5.91 Å². The highest BCUT2D eigenvalue weighted by molar-refractivity contribution is 5.85. The van der Waals surface area contributed by atoms with Crippen LogP contribution in [0.2, 0.25) is 0 Å². The van der Waals surface area contributed by atoms with E-state index in [0.717, 1.165) is 5.56 Å². The van der Waals surface area contributed by atoms with Crippen LogP contribution in [0.25, 0.3) is 0 Å². The smallest absolute Gasteiger partial charge is 0.234 e. The summed E-state index contributed by atoms with van der Waals surface area (Å²) in [5.41, 5.74) is 1.01. The third-order valence-electron chi connectivity index (χ3n) is 3.02. The van der Waals surface area contributed by atoms with Gasteiger partial charge in [0.05, 0.1) is 19.8 Å². The number of aliphatic hydroxyl groups excluding tert-OH is 2. The van der Waals surface area contributed by atoms with E-state index in [1.165, 1.54) is 0 Å². The average molecular weight is 251 g/mol. The first-order chi connectivity index (χ1) is 8.77. The molecule has 0 bridgehead atoms. The van der Waals surface area contributed by atoms with Crippen molar-refractivity contribution in [2.45, 2.75) is 12.8 Å². The average Bonchev–Trinajstić information content (AvgIpc) is 2.41. The van der Waals surface area contributed by atoms with Crippen molar-refractivity contribution in [2.24, 2.45) is 5.92 Å². The Hall–Kier alpha value is -1.43. The zero-order chi connectivity index (χ0) is 13.0. The minimum Gasteiger partial charge on any atom is -0.395 e. The first kappa shape index (κ1) is 13.0. The second kappa shape index (κ2) is 5.95. The molecule has 0 saturated carbocycles. The topological polar surface area (TPSA) is 70.0 Å². The molecule has 0 radical (unpaired) electrons. The molecule has 1 amide bonds. The number of aliphatic hydroxyl groups is 2. The molecular weight excluding hydrogens is 234 g/mol. The number of nitrogens with zero attached hydrogens (tertiary/aromatic N) is 1. The fourth-order valence-corrected chi connectivity index (χ4v) is 2.09. The van der Waals surface area contributed by atoms with Crippen LogP contribution in [0.5, 0.6) is 0 Å². The molecule has 1 fully saturated rings. The minimum atomic E-state index is -0.500. The summed E-state index contributed by atoms with van der Waals surface area (Å²) in [5, 5.41) is 17.9. The van der Waals surface area contributed by atoms with Crippen molar-refractivity contribution in [1.82, 2.24) is 4.90 Å². The Bertz CT molecular complexity index is 395. The number of rotatable bonds is 6. The van der Waals surface area contributed by atoms with E-state index >= 15 is 0 Å². The number of benzene rings is 1. The molecule has 1 aliphatic heterocycles. The number of hydrogen-bond acceptors (Lipinski definition) is 4. The van der Waals surface area contributed by atoms with Crippen molar-refractivity contribution in [1.29, 1.82) is 0 Å². The quantitative estimate of drug-likeness (QED) is 0.697. The van der Waals surface area contributed by atoms with Crippen molar-refractivity contribution in [3.8, 4) is 0 Å². The zero-order valence-electron chi connectivity index (χ0n) is 10.0. The Labute approximate surface area is 106 Å². The van der Waals surface area contributed by atoms with Crippen molar-refractivity contribution < 1.29 is 19.7 Å². The van der Waals surface area contributed by atoms with Gasteiger partial charge in [0.25, 0.3) is 0 Å². The standard InChI is InChI=1S/C13H17NO4/c15-6-7-18-13-11(9-16)12(17)14(13)8-10-4-2-1-3-5-10/h1-5,11,13,15-16H,6-9H2/t11-,13-/m1/s1. The van der Waals surface area contributed by atoms with Gasteiger partial charge in [-0.1, -0.05) is 30.3 Å². The molecule has 0 aromatic heterocycles. The normalized spacial score (nSPS) is 23.0. The molecule has 0 unspecified atom stereocenters. The van der Waals surface area contributed by atoms with E-state index in [1.54, 1.807) is 4.90 Å². The van der Waals surface area contributed by atoms with Gasteiger partial charge in [-0.25, -0.2) is 0 Å². The van der Waals surface area contributed by atoms with Gasteiger partial charge in [0.2, 0.25) is 5.91 Å². The molecule has 1 saturated heterocycles. The summed E-state index contributed by atoms with van der Waals surface area (Å²) in [6, 6.07) is 9.60. The van der Waals surface area contributed by atoms with Crippen LogP contribution in [0.4, 0.5) is 0 Å². The molecule has 2 rings (SSSR count). The summed E-state index contributed by atoms with van der Waals surface area (Å²) in [4.78, 5) is 13.4. The summed E-state index contributed by atoms with van der Waals surface area (Å²) in [6.07, 6.45) is -0.435. The van der Waals surface area contributed by atoms with Crippen molar-refractivity contribution in [2.75, 3.05) is 19.8 Å².